The Morgan fingerprint density at radius 3 is 1.98 bits per heavy atom. The molecule has 8 aliphatic rings. The molecule has 8 rings (SSSR count). The molecule has 0 bridgehead atoms. The number of ether oxygens (including phenoxy) is 7. The van der Waals surface area contributed by atoms with Crippen LogP contribution in [0.2, 0.25) is 0 Å². The minimum atomic E-state index is -1.49. The molecule has 3 aliphatic heterocycles. The maximum Gasteiger partial charge on any atom is 0.303 e. The van der Waals surface area contributed by atoms with Crippen LogP contribution in [0, 0.1) is 44.8 Å². The van der Waals surface area contributed by atoms with E-state index < -0.39 is 96.1 Å². The van der Waals surface area contributed by atoms with Crippen LogP contribution in [-0.4, -0.2) is 141 Å². The molecule has 0 aromatic carbocycles. The van der Waals surface area contributed by atoms with Crippen molar-refractivity contribution in [1.82, 2.24) is 0 Å². The zero-order valence-electron chi connectivity index (χ0n) is 36.3. The molecular formula is C44H70O15. The first-order chi connectivity index (χ1) is 27.3. The Balaban J connectivity index is 1.13. The molecular weight excluding hydrogens is 768 g/mol. The number of aliphatic hydroxyl groups is 6. The van der Waals surface area contributed by atoms with Crippen LogP contribution in [0.1, 0.15) is 120 Å². The van der Waals surface area contributed by atoms with Crippen molar-refractivity contribution in [2.75, 3.05) is 13.2 Å². The summed E-state index contributed by atoms with van der Waals surface area (Å²) in [5, 5.41) is 66.3. The second-order valence-electron chi connectivity index (χ2n) is 21.8. The molecule has 0 aromatic heterocycles. The fourth-order valence-electron chi connectivity index (χ4n) is 15.2. The number of hydrogen-bond donors (Lipinski definition) is 6. The molecule has 59 heavy (non-hydrogen) atoms. The van der Waals surface area contributed by atoms with Crippen molar-refractivity contribution in [3.63, 3.8) is 0 Å². The fraction of sp³-hybridized carbons (Fsp3) is 0.955. The molecule has 15 heteroatoms. The van der Waals surface area contributed by atoms with Crippen molar-refractivity contribution < 1.29 is 73.4 Å². The van der Waals surface area contributed by atoms with Gasteiger partial charge in [0.25, 0.3) is 0 Å². The standard InChI is InChI=1S/C44H70O15/c1-21(45)55-32-25(49)19-54-37(33(32)56-22(2)46)58-28-11-13-44-20-43(44)15-14-40(7)34(42(9)12-10-29(59-42)39(5,6)52)23(47)17-41(40,8)27(43)16-26(35(44)38(28,3)4)57-36-31(51)30(50)24(48)18-53-36/h23-37,47-52H,10-20H2,1-9H3/t23-,24+,25-,26+,27+,28-,29+,30+,31+,32-,33-,34-,35-,36+,37-,40-,41+,42+,43+,44-/m1/s1. The van der Waals surface area contributed by atoms with Crippen LogP contribution in [-0.2, 0) is 42.7 Å². The van der Waals surface area contributed by atoms with E-state index in [1.54, 1.807) is 13.8 Å². The van der Waals surface area contributed by atoms with E-state index in [0.29, 0.717) is 25.7 Å². The van der Waals surface area contributed by atoms with Gasteiger partial charge in [0.1, 0.15) is 24.4 Å². The number of carbonyl (C=O) groups excluding carboxylic acids is 2. The lowest BCUT2D eigenvalue weighted by molar-refractivity contribution is -0.327. The summed E-state index contributed by atoms with van der Waals surface area (Å²) < 4.78 is 43.5. The summed E-state index contributed by atoms with van der Waals surface area (Å²) in [4.78, 5) is 24.4. The van der Waals surface area contributed by atoms with E-state index in [4.69, 9.17) is 33.2 Å². The summed E-state index contributed by atoms with van der Waals surface area (Å²) in [7, 11) is 0. The van der Waals surface area contributed by atoms with E-state index in [0.717, 1.165) is 32.1 Å². The van der Waals surface area contributed by atoms with E-state index in [9.17, 15) is 40.2 Å². The third kappa shape index (κ3) is 6.60. The van der Waals surface area contributed by atoms with Gasteiger partial charge in [0.15, 0.2) is 24.8 Å². The van der Waals surface area contributed by atoms with E-state index in [-0.39, 0.29) is 58.7 Å². The Morgan fingerprint density at radius 2 is 1.34 bits per heavy atom. The number of aliphatic hydroxyl groups excluding tert-OH is 5. The monoisotopic (exact) mass is 838 g/mol. The summed E-state index contributed by atoms with van der Waals surface area (Å²) in [5.41, 5.74) is -3.16. The smallest absolute Gasteiger partial charge is 0.303 e. The van der Waals surface area contributed by atoms with Gasteiger partial charge in [-0.25, -0.2) is 0 Å². The van der Waals surface area contributed by atoms with Crippen LogP contribution < -0.4 is 0 Å². The lowest BCUT2D eigenvalue weighted by Gasteiger charge is -2.65. The van der Waals surface area contributed by atoms with Crippen LogP contribution >= 0.6 is 0 Å². The van der Waals surface area contributed by atoms with Gasteiger partial charge in [-0.1, -0.05) is 27.7 Å². The van der Waals surface area contributed by atoms with Crippen LogP contribution in [0.15, 0.2) is 0 Å². The normalized spacial score (nSPS) is 54.0. The molecule has 5 saturated carbocycles. The minimum absolute atomic E-state index is 0.0659. The van der Waals surface area contributed by atoms with Crippen LogP contribution in [0.5, 0.6) is 0 Å². The van der Waals surface area contributed by atoms with Gasteiger partial charge in [0, 0.05) is 19.8 Å². The van der Waals surface area contributed by atoms with Gasteiger partial charge in [0.05, 0.1) is 48.8 Å². The first kappa shape index (κ1) is 44.1. The van der Waals surface area contributed by atoms with Crippen LogP contribution in [0.4, 0.5) is 0 Å². The van der Waals surface area contributed by atoms with Crippen LogP contribution in [0.25, 0.3) is 0 Å². The van der Waals surface area contributed by atoms with Gasteiger partial charge in [-0.15, -0.1) is 0 Å². The summed E-state index contributed by atoms with van der Waals surface area (Å²) >= 11 is 0. The molecule has 3 heterocycles. The summed E-state index contributed by atoms with van der Waals surface area (Å²) in [5.74, 6) is -1.47. The molecule has 0 radical (unpaired) electrons. The van der Waals surface area contributed by atoms with Crippen LogP contribution in [0.3, 0.4) is 0 Å². The van der Waals surface area contributed by atoms with Crippen molar-refractivity contribution in [2.24, 2.45) is 44.8 Å². The Morgan fingerprint density at radius 1 is 0.695 bits per heavy atom. The van der Waals surface area contributed by atoms with Gasteiger partial charge in [-0.3, -0.25) is 9.59 Å². The third-order valence-corrected chi connectivity index (χ3v) is 17.8. The molecule has 5 aliphatic carbocycles. The SMILES string of the molecule is CC(=O)O[C@H]1[C@@H](O[C@@H]2CC[C@]34C[C@]35CC[C@]3(C)[C@H]([C@]6(C)CC[C@@H](C(C)(C)O)O6)[C@H](O)C[C@@]3(C)[C@@H]5C[C@H](O[C@@H]3OC[C@H](O)[C@H](O)[C@@H]3O)[C@@H]4C2(C)C)OC[C@@H](O)[C@H]1OC(C)=O. The number of fused-ring (bicyclic) bond motifs is 2. The fourth-order valence-corrected chi connectivity index (χ4v) is 15.2. The van der Waals surface area contributed by atoms with Gasteiger partial charge in [0.2, 0.25) is 0 Å². The van der Waals surface area contributed by atoms with Crippen molar-refractivity contribution >= 4 is 11.9 Å². The molecule has 8 fully saturated rings. The predicted octanol–water partition coefficient (Wildman–Crippen LogP) is 2.50. The maximum absolute atomic E-state index is 12.3. The van der Waals surface area contributed by atoms with Gasteiger partial charge >= 0.3 is 11.9 Å². The molecule has 0 aromatic rings. The molecule has 0 unspecified atom stereocenters. The van der Waals surface area contributed by atoms with E-state index in [2.05, 4.69) is 34.6 Å². The summed E-state index contributed by atoms with van der Waals surface area (Å²) in [6.45, 7) is 16.7. The zero-order valence-corrected chi connectivity index (χ0v) is 36.3. The second-order valence-corrected chi connectivity index (χ2v) is 21.8. The Kier molecular flexibility index (Phi) is 10.9. The Hall–Kier alpha value is -1.50. The first-order valence-electron chi connectivity index (χ1n) is 22.0. The summed E-state index contributed by atoms with van der Waals surface area (Å²) in [6.07, 6.45) is -5.24. The van der Waals surface area contributed by atoms with Crippen molar-refractivity contribution in [3.05, 3.63) is 0 Å². The molecule has 15 nitrogen and oxygen atoms in total. The molecule has 2 spiro atoms. The van der Waals surface area contributed by atoms with E-state index in [1.165, 1.54) is 13.8 Å². The Labute approximate surface area is 347 Å². The highest BCUT2D eigenvalue weighted by molar-refractivity contribution is 5.67. The topological polar surface area (TPSA) is 220 Å². The van der Waals surface area contributed by atoms with Crippen molar-refractivity contribution in [3.8, 4) is 0 Å². The van der Waals surface area contributed by atoms with Gasteiger partial charge in [-0.05, 0) is 117 Å². The number of carbonyl (C=O) groups is 2. The average Bonchev–Trinajstić information content (AvgIpc) is 3.49. The average molecular weight is 839 g/mol. The second kappa shape index (κ2) is 14.5. The lowest BCUT2D eigenvalue weighted by atomic mass is 9.41. The number of rotatable bonds is 8. The van der Waals surface area contributed by atoms with E-state index >= 15 is 0 Å². The molecule has 336 valence electrons. The third-order valence-electron chi connectivity index (χ3n) is 17.8. The highest BCUT2D eigenvalue weighted by atomic mass is 16.7. The highest BCUT2D eigenvalue weighted by Crippen LogP contribution is 2.89. The summed E-state index contributed by atoms with van der Waals surface area (Å²) in [6, 6.07) is 0. The van der Waals surface area contributed by atoms with E-state index in [1.807, 2.05) is 0 Å². The minimum Gasteiger partial charge on any atom is -0.455 e. The largest absolute Gasteiger partial charge is 0.455 e. The molecule has 6 N–H and O–H groups in total. The van der Waals surface area contributed by atoms with Crippen molar-refractivity contribution in [1.29, 1.82) is 0 Å². The number of esters is 2. The predicted molar refractivity (Wildman–Crippen MR) is 207 cm³/mol. The molecule has 0 amide bonds. The Bertz CT molecular complexity index is 1630. The lowest BCUT2D eigenvalue weighted by Crippen LogP contribution is -2.65. The number of hydrogen-bond acceptors (Lipinski definition) is 15. The molecule has 3 saturated heterocycles. The highest BCUT2D eigenvalue weighted by Gasteiger charge is 2.85. The van der Waals surface area contributed by atoms with Crippen molar-refractivity contribution in [2.45, 2.75) is 205 Å². The van der Waals surface area contributed by atoms with Gasteiger partial charge < -0.3 is 63.8 Å². The quantitative estimate of drug-likeness (QED) is 0.153. The first-order valence-corrected chi connectivity index (χ1v) is 22.0. The molecule has 20 atom stereocenters. The zero-order chi connectivity index (χ0) is 43.0. The maximum atomic E-state index is 12.3. The van der Waals surface area contributed by atoms with Gasteiger partial charge in [-0.2, -0.15) is 0 Å².